The van der Waals surface area contributed by atoms with Crippen molar-refractivity contribution in [1.82, 2.24) is 4.90 Å². The number of carbonyl (C=O) groups is 3. The number of carbonyl (C=O) groups excluding carboxylic acids is 3. The highest BCUT2D eigenvalue weighted by Gasteiger charge is 2.32. The molecular weight excluding hydrogens is 378 g/mol. The van der Waals surface area contributed by atoms with Crippen molar-refractivity contribution in [3.8, 4) is 0 Å². The largest absolute Gasteiger partial charge is 0.454 e. The molecule has 29 heavy (non-hydrogen) atoms. The summed E-state index contributed by atoms with van der Waals surface area (Å²) in [5.41, 5.74) is 0.779. The lowest BCUT2D eigenvalue weighted by molar-refractivity contribution is -0.383. The van der Waals surface area contributed by atoms with E-state index in [9.17, 15) is 24.5 Å². The number of rotatable bonds is 7. The highest BCUT2D eigenvalue weighted by molar-refractivity contribution is 5.95. The summed E-state index contributed by atoms with van der Waals surface area (Å²) < 4.78 is 4.91. The summed E-state index contributed by atoms with van der Waals surface area (Å²) >= 11 is 0. The Hall–Kier alpha value is -3.75. The fraction of sp³-hybridized carbons (Fsp3) is 0.250. The molecule has 0 spiro atoms. The SMILES string of the molecule is O=C(COC(=O)CN1C[C@H](c2ccccc2)CC1=O)Nc1ccccc1[N+](=O)[O-]. The molecule has 2 aromatic carbocycles. The van der Waals surface area contributed by atoms with E-state index >= 15 is 0 Å². The van der Waals surface area contributed by atoms with E-state index in [1.54, 1.807) is 0 Å². The Morgan fingerprint density at radius 2 is 1.83 bits per heavy atom. The van der Waals surface area contributed by atoms with Gasteiger partial charge in [-0.1, -0.05) is 42.5 Å². The third kappa shape index (κ3) is 5.16. The molecule has 1 aliphatic heterocycles. The van der Waals surface area contributed by atoms with Crippen LogP contribution in [0.5, 0.6) is 0 Å². The monoisotopic (exact) mass is 397 g/mol. The fourth-order valence-electron chi connectivity index (χ4n) is 3.15. The Kier molecular flexibility index (Phi) is 6.18. The molecule has 0 aromatic heterocycles. The van der Waals surface area contributed by atoms with E-state index in [1.165, 1.54) is 29.2 Å². The predicted octanol–water partition coefficient (Wildman–Crippen LogP) is 2.09. The first-order chi connectivity index (χ1) is 13.9. The minimum atomic E-state index is -0.718. The highest BCUT2D eigenvalue weighted by atomic mass is 16.6. The number of nitro benzene ring substituents is 1. The van der Waals surface area contributed by atoms with Crippen LogP contribution >= 0.6 is 0 Å². The predicted molar refractivity (Wildman–Crippen MR) is 103 cm³/mol. The summed E-state index contributed by atoms with van der Waals surface area (Å²) in [5.74, 6) is -1.56. The van der Waals surface area contributed by atoms with Crippen LogP contribution in [0.4, 0.5) is 11.4 Å². The van der Waals surface area contributed by atoms with Crippen molar-refractivity contribution in [3.05, 3.63) is 70.3 Å². The maximum absolute atomic E-state index is 12.1. The number of nitrogens with zero attached hydrogens (tertiary/aromatic N) is 2. The van der Waals surface area contributed by atoms with Gasteiger partial charge in [-0.05, 0) is 11.6 Å². The van der Waals surface area contributed by atoms with Gasteiger partial charge in [-0.15, -0.1) is 0 Å². The standard InChI is InChI=1S/C20H19N3O6/c24-18(21-16-8-4-5-9-17(16)23(27)28)13-29-20(26)12-22-11-15(10-19(22)25)14-6-2-1-3-7-14/h1-9,15H,10-13H2,(H,21,24)/t15-/m1/s1. The van der Waals surface area contributed by atoms with Crippen molar-refractivity contribution in [2.24, 2.45) is 0 Å². The summed E-state index contributed by atoms with van der Waals surface area (Å²) in [5, 5.41) is 13.3. The first kappa shape index (κ1) is 20.0. The van der Waals surface area contributed by atoms with Gasteiger partial charge in [0.05, 0.1) is 4.92 Å². The average Bonchev–Trinajstić information content (AvgIpc) is 3.07. The molecule has 150 valence electrons. The number of likely N-dealkylation sites (tertiary alicyclic amines) is 1. The van der Waals surface area contributed by atoms with E-state index in [2.05, 4.69) is 5.32 Å². The second kappa shape index (κ2) is 8.96. The van der Waals surface area contributed by atoms with Crippen LogP contribution in [0.2, 0.25) is 0 Å². The second-order valence-corrected chi connectivity index (χ2v) is 6.57. The number of nitro groups is 1. The van der Waals surface area contributed by atoms with Gasteiger partial charge in [-0.25, -0.2) is 0 Å². The van der Waals surface area contributed by atoms with Crippen molar-refractivity contribution in [2.75, 3.05) is 25.0 Å². The van der Waals surface area contributed by atoms with E-state index in [0.717, 1.165) is 5.56 Å². The molecule has 1 fully saturated rings. The van der Waals surface area contributed by atoms with E-state index in [0.29, 0.717) is 13.0 Å². The summed E-state index contributed by atoms with van der Waals surface area (Å²) in [7, 11) is 0. The zero-order chi connectivity index (χ0) is 20.8. The third-order valence-corrected chi connectivity index (χ3v) is 4.54. The van der Waals surface area contributed by atoms with Gasteiger partial charge < -0.3 is 15.0 Å². The van der Waals surface area contributed by atoms with Crippen molar-refractivity contribution in [1.29, 1.82) is 0 Å². The van der Waals surface area contributed by atoms with Crippen molar-refractivity contribution in [3.63, 3.8) is 0 Å². The Balaban J connectivity index is 1.48. The molecule has 1 heterocycles. The molecule has 0 bridgehead atoms. The summed E-state index contributed by atoms with van der Waals surface area (Å²) in [6, 6.07) is 15.2. The minimum absolute atomic E-state index is 0.0124. The van der Waals surface area contributed by atoms with Crippen molar-refractivity contribution < 1.29 is 24.0 Å². The van der Waals surface area contributed by atoms with E-state index in [4.69, 9.17) is 4.74 Å². The maximum atomic E-state index is 12.1. The Morgan fingerprint density at radius 1 is 1.14 bits per heavy atom. The van der Waals surface area contributed by atoms with Gasteiger partial charge in [0.25, 0.3) is 11.6 Å². The number of hydrogen-bond acceptors (Lipinski definition) is 6. The van der Waals surface area contributed by atoms with Crippen LogP contribution in [0.15, 0.2) is 54.6 Å². The fourth-order valence-corrected chi connectivity index (χ4v) is 3.15. The number of esters is 1. The Morgan fingerprint density at radius 3 is 2.55 bits per heavy atom. The maximum Gasteiger partial charge on any atom is 0.326 e. The van der Waals surface area contributed by atoms with E-state index in [-0.39, 0.29) is 29.7 Å². The number of anilines is 1. The highest BCUT2D eigenvalue weighted by Crippen LogP contribution is 2.27. The molecule has 1 saturated heterocycles. The smallest absolute Gasteiger partial charge is 0.326 e. The van der Waals surface area contributed by atoms with E-state index in [1.807, 2.05) is 30.3 Å². The number of hydrogen-bond donors (Lipinski definition) is 1. The molecule has 1 aliphatic rings. The van der Waals surface area contributed by atoms with Gasteiger partial charge in [0, 0.05) is 24.9 Å². The van der Waals surface area contributed by atoms with Crippen LogP contribution in [-0.2, 0) is 19.1 Å². The lowest BCUT2D eigenvalue weighted by atomic mass is 9.99. The second-order valence-electron chi connectivity index (χ2n) is 6.57. The van der Waals surface area contributed by atoms with E-state index < -0.39 is 23.4 Å². The molecule has 3 rings (SSSR count). The molecule has 9 nitrogen and oxygen atoms in total. The molecule has 0 saturated carbocycles. The first-order valence-electron chi connectivity index (χ1n) is 8.95. The quantitative estimate of drug-likeness (QED) is 0.434. The molecule has 0 unspecified atom stereocenters. The number of benzene rings is 2. The van der Waals surface area contributed by atoms with Crippen molar-refractivity contribution >= 4 is 29.2 Å². The number of para-hydroxylation sites is 2. The van der Waals surface area contributed by atoms with Crippen LogP contribution in [0.25, 0.3) is 0 Å². The van der Waals surface area contributed by atoms with Gasteiger partial charge in [-0.2, -0.15) is 0 Å². The van der Waals surface area contributed by atoms with Gasteiger partial charge in [0.1, 0.15) is 12.2 Å². The first-order valence-corrected chi connectivity index (χ1v) is 8.95. The van der Waals surface area contributed by atoms with Crippen LogP contribution in [0.3, 0.4) is 0 Å². The molecule has 2 aromatic rings. The normalized spacial score (nSPS) is 15.8. The third-order valence-electron chi connectivity index (χ3n) is 4.54. The summed E-state index contributed by atoms with van der Waals surface area (Å²) in [4.78, 5) is 47.8. The Bertz CT molecular complexity index is 931. The molecule has 1 atom stereocenters. The molecule has 2 amide bonds. The van der Waals surface area contributed by atoms with Gasteiger partial charge in [0.15, 0.2) is 6.61 Å². The molecule has 0 radical (unpaired) electrons. The number of amides is 2. The average molecular weight is 397 g/mol. The lowest BCUT2D eigenvalue weighted by Crippen LogP contribution is -2.33. The topological polar surface area (TPSA) is 119 Å². The number of ether oxygens (including phenoxy) is 1. The number of nitrogens with one attached hydrogen (secondary N) is 1. The minimum Gasteiger partial charge on any atom is -0.454 e. The summed E-state index contributed by atoms with van der Waals surface area (Å²) in [6.45, 7) is -0.448. The van der Waals surface area contributed by atoms with Crippen LogP contribution in [0, 0.1) is 10.1 Å². The molecule has 9 heteroatoms. The zero-order valence-electron chi connectivity index (χ0n) is 15.4. The van der Waals surface area contributed by atoms with Crippen LogP contribution < -0.4 is 5.32 Å². The van der Waals surface area contributed by atoms with Crippen molar-refractivity contribution in [2.45, 2.75) is 12.3 Å². The van der Waals surface area contributed by atoms with Crippen LogP contribution in [0.1, 0.15) is 17.9 Å². The lowest BCUT2D eigenvalue weighted by Gasteiger charge is -2.16. The molecule has 1 N–H and O–H groups in total. The van der Waals surface area contributed by atoms with Gasteiger partial charge in [0.2, 0.25) is 5.91 Å². The molecule has 0 aliphatic carbocycles. The molecular formula is C20H19N3O6. The van der Waals surface area contributed by atoms with Gasteiger partial charge >= 0.3 is 5.97 Å². The summed E-state index contributed by atoms with van der Waals surface area (Å²) in [6.07, 6.45) is 0.315. The van der Waals surface area contributed by atoms with Gasteiger partial charge in [-0.3, -0.25) is 24.5 Å². The Labute approximate surface area is 166 Å². The van der Waals surface area contributed by atoms with Crippen LogP contribution in [-0.4, -0.2) is 47.3 Å². The zero-order valence-corrected chi connectivity index (χ0v) is 15.4.